The van der Waals surface area contributed by atoms with Crippen molar-refractivity contribution in [2.45, 2.75) is 25.5 Å². The summed E-state index contributed by atoms with van der Waals surface area (Å²) in [5.41, 5.74) is 4.15. The lowest BCUT2D eigenvalue weighted by molar-refractivity contribution is -0.161. The van der Waals surface area contributed by atoms with E-state index >= 15 is 0 Å². The number of hydrogen-bond acceptors (Lipinski definition) is 6. The number of hydrazine groups is 2. The number of aliphatic hydroxyl groups is 1. The van der Waals surface area contributed by atoms with Gasteiger partial charge in [0.05, 0.1) is 23.8 Å². The van der Waals surface area contributed by atoms with Gasteiger partial charge in [0, 0.05) is 12.1 Å². The Kier molecular flexibility index (Phi) is 5.09. The smallest absolute Gasteiger partial charge is 0.352 e. The molecule has 3 atom stereocenters. The first-order valence-electron chi connectivity index (χ1n) is 8.26. The number of nitrogens with zero attached hydrogens (tertiary/aromatic N) is 3. The van der Waals surface area contributed by atoms with Crippen LogP contribution in [-0.2, 0) is 9.59 Å². The van der Waals surface area contributed by atoms with Crippen LogP contribution in [0.15, 0.2) is 28.9 Å². The summed E-state index contributed by atoms with van der Waals surface area (Å²) in [7, 11) is 1.58. The Morgan fingerprint density at radius 3 is 2.81 bits per heavy atom. The van der Waals surface area contributed by atoms with Crippen molar-refractivity contribution in [2.75, 3.05) is 12.2 Å². The Bertz CT molecular complexity index is 854. The summed E-state index contributed by atoms with van der Waals surface area (Å²) in [6, 6.07) is 4.53. The fourth-order valence-corrected chi connectivity index (χ4v) is 3.84. The monoisotopic (exact) mass is 393 g/mol. The molecule has 0 aliphatic carbocycles. The number of aliphatic imine (C=N–C) groups is 1. The molecule has 0 radical (unpaired) electrons. The average Bonchev–Trinajstić information content (AvgIpc) is 2.94. The minimum atomic E-state index is -1.20. The van der Waals surface area contributed by atoms with Crippen LogP contribution in [-0.4, -0.2) is 52.5 Å². The van der Waals surface area contributed by atoms with Gasteiger partial charge in [-0.2, -0.15) is 0 Å². The summed E-state index contributed by atoms with van der Waals surface area (Å²) in [5, 5.41) is 21.0. The molecule has 2 aliphatic heterocycles. The molecule has 2 aliphatic rings. The maximum absolute atomic E-state index is 12.3. The van der Waals surface area contributed by atoms with E-state index < -0.39 is 18.0 Å². The highest BCUT2D eigenvalue weighted by atomic mass is 35.5. The molecular formula is C17H20ClN5O4. The lowest BCUT2D eigenvalue weighted by Crippen LogP contribution is -2.61. The average molecular weight is 394 g/mol. The molecule has 0 aromatic heterocycles. The molecular weight excluding hydrogens is 374 g/mol. The number of hydrogen-bond donors (Lipinski definition) is 4. The fraction of sp³-hybridized carbons (Fsp3) is 0.353. The molecule has 1 amide bonds. The third kappa shape index (κ3) is 3.25. The van der Waals surface area contributed by atoms with Gasteiger partial charge in [-0.15, -0.1) is 0 Å². The Hall–Kier alpha value is -2.62. The molecule has 144 valence electrons. The van der Waals surface area contributed by atoms with Gasteiger partial charge in [0.15, 0.2) is 0 Å². The molecule has 1 saturated heterocycles. The molecule has 0 bridgehead atoms. The van der Waals surface area contributed by atoms with Crippen molar-refractivity contribution in [3.8, 4) is 0 Å². The molecule has 2 unspecified atom stereocenters. The van der Waals surface area contributed by atoms with E-state index in [-0.39, 0.29) is 17.6 Å². The van der Waals surface area contributed by atoms with E-state index in [1.54, 1.807) is 25.2 Å². The lowest BCUT2D eigenvalue weighted by Gasteiger charge is -2.44. The molecule has 0 saturated carbocycles. The topological polar surface area (TPSA) is 131 Å². The number of nitrogens with two attached hydrogens (primary N) is 1. The molecule has 5 N–H and O–H groups in total. The van der Waals surface area contributed by atoms with E-state index in [1.807, 2.05) is 0 Å². The zero-order valence-corrected chi connectivity index (χ0v) is 15.5. The van der Waals surface area contributed by atoms with Crippen molar-refractivity contribution < 1.29 is 19.8 Å². The second kappa shape index (κ2) is 7.18. The van der Waals surface area contributed by atoms with Crippen LogP contribution >= 0.6 is 11.6 Å². The number of aliphatic carboxylic acids is 1. The maximum Gasteiger partial charge on any atom is 0.352 e. The second-order valence-electron chi connectivity index (χ2n) is 6.46. The van der Waals surface area contributed by atoms with Crippen LogP contribution in [0.4, 0.5) is 5.69 Å². The molecule has 9 nitrogen and oxygen atoms in total. The van der Waals surface area contributed by atoms with Crippen molar-refractivity contribution in [1.82, 2.24) is 10.3 Å². The Morgan fingerprint density at radius 2 is 2.22 bits per heavy atom. The summed E-state index contributed by atoms with van der Waals surface area (Å²) < 4.78 is 0. The van der Waals surface area contributed by atoms with E-state index in [4.69, 9.17) is 17.4 Å². The Balaban J connectivity index is 2.01. The normalized spacial score (nSPS) is 22.7. The third-order valence-corrected chi connectivity index (χ3v) is 4.98. The molecule has 3 rings (SSSR count). The maximum atomic E-state index is 12.3. The van der Waals surface area contributed by atoms with Crippen LogP contribution in [0.1, 0.15) is 18.9 Å². The number of aliphatic hydroxyl groups excluding tert-OH is 1. The predicted molar refractivity (Wildman–Crippen MR) is 101 cm³/mol. The fourth-order valence-electron chi connectivity index (χ4n) is 3.61. The molecule has 2 heterocycles. The Labute approximate surface area is 160 Å². The zero-order chi connectivity index (χ0) is 19.9. The van der Waals surface area contributed by atoms with Gasteiger partial charge in [-0.3, -0.25) is 15.2 Å². The van der Waals surface area contributed by atoms with Crippen molar-refractivity contribution in [3.63, 3.8) is 0 Å². The summed E-state index contributed by atoms with van der Waals surface area (Å²) in [6.07, 6.45) is 0.854. The first kappa shape index (κ1) is 19.2. The van der Waals surface area contributed by atoms with E-state index in [1.165, 1.54) is 23.3 Å². The van der Waals surface area contributed by atoms with E-state index in [9.17, 15) is 19.8 Å². The number of nitrogens with one attached hydrogen (secondary N) is 1. The number of fused-ring (bicyclic) bond motifs is 1. The van der Waals surface area contributed by atoms with Gasteiger partial charge in [0.25, 0.3) is 0 Å². The van der Waals surface area contributed by atoms with Crippen molar-refractivity contribution in [2.24, 2.45) is 16.8 Å². The van der Waals surface area contributed by atoms with Gasteiger partial charge < -0.3 is 15.1 Å². The molecule has 1 aromatic rings. The van der Waals surface area contributed by atoms with Gasteiger partial charge >= 0.3 is 5.97 Å². The van der Waals surface area contributed by atoms with Gasteiger partial charge in [-0.05, 0) is 42.7 Å². The van der Waals surface area contributed by atoms with Crippen LogP contribution in [0.5, 0.6) is 0 Å². The van der Waals surface area contributed by atoms with Crippen LogP contribution in [0.2, 0.25) is 5.02 Å². The number of carbonyl (C=O) groups is 2. The van der Waals surface area contributed by atoms with Gasteiger partial charge in [-0.25, -0.2) is 15.8 Å². The van der Waals surface area contributed by atoms with E-state index in [2.05, 4.69) is 10.4 Å². The highest BCUT2D eigenvalue weighted by molar-refractivity contribution is 6.31. The summed E-state index contributed by atoms with van der Waals surface area (Å²) in [5.74, 6) is 3.71. The minimum absolute atomic E-state index is 0.0817. The third-order valence-electron chi connectivity index (χ3n) is 4.77. The van der Waals surface area contributed by atoms with Crippen LogP contribution in [0.25, 0.3) is 5.57 Å². The minimum Gasteiger partial charge on any atom is -0.477 e. The lowest BCUT2D eigenvalue weighted by atomic mass is 9.82. The van der Waals surface area contributed by atoms with E-state index in [0.717, 1.165) is 0 Å². The van der Waals surface area contributed by atoms with Crippen LogP contribution in [0.3, 0.4) is 0 Å². The quantitative estimate of drug-likeness (QED) is 0.183. The number of benzene rings is 1. The molecule has 1 aromatic carbocycles. The standard InChI is InChI=1S/C17H20ClN5O4/c1-8(24)14-13-6-12(15(17(26)27)22(13)16(14)25)9-3-10(18)5-11(4-9)23(19)21-7-20-2/h3-5,7-8,13-14,24H,6,19H2,1-2H3,(H,20,21)(H,26,27)/t8-,13?,14?/m1/s1. The highest BCUT2D eigenvalue weighted by Gasteiger charge is 2.56. The van der Waals surface area contributed by atoms with E-state index in [0.29, 0.717) is 28.3 Å². The summed E-state index contributed by atoms with van der Waals surface area (Å²) in [6.45, 7) is 1.53. The zero-order valence-electron chi connectivity index (χ0n) is 14.8. The predicted octanol–water partition coefficient (Wildman–Crippen LogP) is 0.590. The number of carboxylic acid groups (broad SMARTS) is 1. The van der Waals surface area contributed by atoms with Crippen LogP contribution in [0, 0.1) is 5.92 Å². The molecule has 0 spiro atoms. The van der Waals surface area contributed by atoms with Crippen molar-refractivity contribution in [3.05, 3.63) is 34.5 Å². The first-order valence-corrected chi connectivity index (χ1v) is 8.64. The largest absolute Gasteiger partial charge is 0.477 e. The van der Waals surface area contributed by atoms with Crippen molar-refractivity contribution >= 4 is 41.1 Å². The molecule has 1 fully saturated rings. The van der Waals surface area contributed by atoms with Gasteiger partial charge in [0.2, 0.25) is 5.91 Å². The van der Waals surface area contributed by atoms with Gasteiger partial charge in [-0.1, -0.05) is 11.6 Å². The number of carboxylic acids is 1. The number of rotatable bonds is 6. The Morgan fingerprint density at radius 1 is 1.52 bits per heavy atom. The van der Waals surface area contributed by atoms with Crippen molar-refractivity contribution in [1.29, 1.82) is 0 Å². The highest BCUT2D eigenvalue weighted by Crippen LogP contribution is 2.47. The summed E-state index contributed by atoms with van der Waals surface area (Å²) >= 11 is 6.20. The summed E-state index contributed by atoms with van der Waals surface area (Å²) in [4.78, 5) is 29.2. The number of anilines is 1. The number of carbonyl (C=O) groups excluding carboxylic acids is 1. The molecule has 27 heavy (non-hydrogen) atoms. The second-order valence-corrected chi connectivity index (χ2v) is 6.90. The first-order chi connectivity index (χ1) is 12.8. The number of β-lactam (4-membered cyclic amide) rings is 1. The number of amides is 1. The number of halogens is 1. The van der Waals surface area contributed by atoms with Crippen LogP contribution < -0.4 is 16.4 Å². The SMILES string of the molecule is CN=CNN(N)c1cc(Cl)cc(C2=C(C(=O)O)N3C(=O)C([C@@H](C)O)C3C2)c1. The molecule has 10 heteroatoms. The van der Waals surface area contributed by atoms with Gasteiger partial charge in [0.1, 0.15) is 12.0 Å².